The lowest BCUT2D eigenvalue weighted by Gasteiger charge is -2.33. The molecule has 104 valence electrons. The Bertz CT molecular complexity index is 314. The van der Waals surface area contributed by atoms with Gasteiger partial charge in [-0.1, -0.05) is 58.7 Å². The van der Waals surface area contributed by atoms with E-state index in [0.29, 0.717) is 16.9 Å². The van der Waals surface area contributed by atoms with Gasteiger partial charge in [-0.05, 0) is 24.2 Å². The van der Waals surface area contributed by atoms with Crippen molar-refractivity contribution in [1.29, 1.82) is 0 Å². The van der Waals surface area contributed by atoms with Crippen molar-refractivity contribution in [1.82, 2.24) is 5.32 Å². The van der Waals surface area contributed by atoms with Crippen LogP contribution in [0.5, 0.6) is 0 Å². The Morgan fingerprint density at radius 2 is 1.94 bits per heavy atom. The van der Waals surface area contributed by atoms with Gasteiger partial charge in [0.2, 0.25) is 0 Å². The van der Waals surface area contributed by atoms with Crippen molar-refractivity contribution in [3.05, 3.63) is 0 Å². The molecule has 2 aliphatic rings. The molecule has 0 amide bonds. The molecule has 18 heavy (non-hydrogen) atoms. The second-order valence-corrected chi connectivity index (χ2v) is 7.98. The van der Waals surface area contributed by atoms with Crippen LogP contribution in [-0.2, 0) is 0 Å². The number of hydrogen-bond acceptors (Lipinski definition) is 2. The summed E-state index contributed by atoms with van der Waals surface area (Å²) in [5.74, 6) is 1.91. The largest absolute Gasteiger partial charge is 0.359 e. The fourth-order valence-corrected chi connectivity index (χ4v) is 3.77. The highest BCUT2D eigenvalue weighted by atomic mass is 32.2. The quantitative estimate of drug-likeness (QED) is 0.834. The number of nitrogens with zero attached hydrogens (tertiary/aromatic N) is 1. The molecule has 1 aliphatic carbocycles. The first-order valence-corrected chi connectivity index (χ1v) is 8.38. The molecule has 0 radical (unpaired) electrons. The second kappa shape index (κ2) is 5.44. The molecular formula is C15H28N2S. The van der Waals surface area contributed by atoms with Crippen molar-refractivity contribution in [3.63, 3.8) is 0 Å². The topological polar surface area (TPSA) is 24.4 Å². The first-order chi connectivity index (χ1) is 8.44. The molecule has 1 aliphatic heterocycles. The zero-order chi connectivity index (χ0) is 13.2. The van der Waals surface area contributed by atoms with Crippen molar-refractivity contribution in [3.8, 4) is 0 Å². The van der Waals surface area contributed by atoms with Crippen molar-refractivity contribution >= 4 is 16.9 Å². The van der Waals surface area contributed by atoms with Crippen LogP contribution in [0.15, 0.2) is 4.99 Å². The van der Waals surface area contributed by atoms with E-state index in [4.69, 9.17) is 4.99 Å². The SMILES string of the molecule is CC(C)C(C)(C)CN=C1NC2(CCCCC2)CS1. The minimum absolute atomic E-state index is 0.303. The predicted octanol–water partition coefficient (Wildman–Crippen LogP) is 4.06. The molecule has 0 atom stereocenters. The van der Waals surface area contributed by atoms with E-state index in [0.717, 1.165) is 6.54 Å². The zero-order valence-corrected chi connectivity index (χ0v) is 13.2. The van der Waals surface area contributed by atoms with Gasteiger partial charge in [-0.2, -0.15) is 0 Å². The van der Waals surface area contributed by atoms with Gasteiger partial charge >= 0.3 is 0 Å². The molecule has 1 saturated heterocycles. The highest BCUT2D eigenvalue weighted by Crippen LogP contribution is 2.36. The van der Waals surface area contributed by atoms with Crippen LogP contribution in [0.1, 0.15) is 59.8 Å². The van der Waals surface area contributed by atoms with Gasteiger partial charge in [0.1, 0.15) is 0 Å². The molecule has 0 aromatic heterocycles. The van der Waals surface area contributed by atoms with E-state index in [9.17, 15) is 0 Å². The Labute approximate surface area is 116 Å². The van der Waals surface area contributed by atoms with Gasteiger partial charge in [-0.15, -0.1) is 0 Å². The van der Waals surface area contributed by atoms with Crippen molar-refractivity contribution < 1.29 is 0 Å². The van der Waals surface area contributed by atoms with Gasteiger partial charge < -0.3 is 5.32 Å². The van der Waals surface area contributed by atoms with Crippen LogP contribution in [-0.4, -0.2) is 23.0 Å². The summed E-state index contributed by atoms with van der Waals surface area (Å²) in [5.41, 5.74) is 0.696. The molecule has 0 bridgehead atoms. The number of nitrogens with one attached hydrogen (secondary N) is 1. The standard InChI is InChI=1S/C15H28N2S/c1-12(2)14(3,4)10-16-13-17-15(11-18-13)8-6-5-7-9-15/h12H,5-11H2,1-4H3,(H,16,17). The third-order valence-electron chi connectivity index (χ3n) is 4.86. The third-order valence-corrected chi connectivity index (χ3v) is 6.06. The Morgan fingerprint density at radius 3 is 2.56 bits per heavy atom. The van der Waals surface area contributed by atoms with Crippen LogP contribution in [0, 0.1) is 11.3 Å². The lowest BCUT2D eigenvalue weighted by Crippen LogP contribution is -2.45. The second-order valence-electron chi connectivity index (χ2n) is 7.02. The van der Waals surface area contributed by atoms with Crippen LogP contribution in [0.3, 0.4) is 0 Å². The van der Waals surface area contributed by atoms with E-state index < -0.39 is 0 Å². The number of thioether (sulfide) groups is 1. The number of aliphatic imine (C=N–C) groups is 1. The lowest BCUT2D eigenvalue weighted by atomic mass is 9.81. The van der Waals surface area contributed by atoms with E-state index in [2.05, 4.69) is 33.0 Å². The van der Waals surface area contributed by atoms with Gasteiger partial charge in [0.05, 0.1) is 0 Å². The molecular weight excluding hydrogens is 240 g/mol. The summed E-state index contributed by atoms with van der Waals surface area (Å²) in [7, 11) is 0. The van der Waals surface area contributed by atoms with Crippen LogP contribution in [0.2, 0.25) is 0 Å². The average Bonchev–Trinajstić information content (AvgIpc) is 2.71. The summed E-state index contributed by atoms with van der Waals surface area (Å²) in [6, 6.07) is 0. The summed E-state index contributed by atoms with van der Waals surface area (Å²) in [5, 5.41) is 4.93. The molecule has 2 nitrogen and oxygen atoms in total. The van der Waals surface area contributed by atoms with Gasteiger partial charge in [-0.3, -0.25) is 4.99 Å². The van der Waals surface area contributed by atoms with Crippen LogP contribution in [0.25, 0.3) is 0 Å². The van der Waals surface area contributed by atoms with E-state index in [-0.39, 0.29) is 0 Å². The lowest BCUT2D eigenvalue weighted by molar-refractivity contribution is 0.261. The fraction of sp³-hybridized carbons (Fsp3) is 0.933. The van der Waals surface area contributed by atoms with Crippen molar-refractivity contribution in [2.24, 2.45) is 16.3 Å². The normalized spacial score (nSPS) is 25.9. The molecule has 1 N–H and O–H groups in total. The van der Waals surface area contributed by atoms with Gasteiger partial charge in [0.15, 0.2) is 5.17 Å². The molecule has 1 heterocycles. The molecule has 0 unspecified atom stereocenters. The molecule has 1 spiro atoms. The third kappa shape index (κ3) is 3.23. The smallest absolute Gasteiger partial charge is 0.157 e. The van der Waals surface area contributed by atoms with Gasteiger partial charge in [-0.25, -0.2) is 0 Å². The highest BCUT2D eigenvalue weighted by molar-refractivity contribution is 8.14. The molecule has 2 rings (SSSR count). The first kappa shape index (κ1) is 14.2. The number of rotatable bonds is 3. The number of amidine groups is 1. The maximum Gasteiger partial charge on any atom is 0.157 e. The maximum atomic E-state index is 4.83. The van der Waals surface area contributed by atoms with Crippen LogP contribution in [0.4, 0.5) is 0 Å². The minimum atomic E-state index is 0.303. The number of hydrogen-bond donors (Lipinski definition) is 1. The highest BCUT2D eigenvalue weighted by Gasteiger charge is 2.38. The monoisotopic (exact) mass is 268 g/mol. The average molecular weight is 268 g/mol. The van der Waals surface area contributed by atoms with Gasteiger partial charge in [0.25, 0.3) is 0 Å². The van der Waals surface area contributed by atoms with Gasteiger partial charge in [0, 0.05) is 17.8 Å². The van der Waals surface area contributed by atoms with Crippen LogP contribution >= 0.6 is 11.8 Å². The Balaban J connectivity index is 1.92. The molecule has 1 saturated carbocycles. The Kier molecular flexibility index (Phi) is 4.30. The minimum Gasteiger partial charge on any atom is -0.359 e. The fourth-order valence-electron chi connectivity index (χ4n) is 2.55. The summed E-state index contributed by atoms with van der Waals surface area (Å²) in [4.78, 5) is 4.83. The summed E-state index contributed by atoms with van der Waals surface area (Å²) < 4.78 is 0. The Hall–Kier alpha value is -0.180. The maximum absolute atomic E-state index is 4.83. The Morgan fingerprint density at radius 1 is 1.28 bits per heavy atom. The van der Waals surface area contributed by atoms with Crippen molar-refractivity contribution in [2.45, 2.75) is 65.3 Å². The van der Waals surface area contributed by atoms with E-state index in [1.807, 2.05) is 11.8 Å². The summed E-state index contributed by atoms with van der Waals surface area (Å²) in [6.07, 6.45) is 6.87. The van der Waals surface area contributed by atoms with Crippen LogP contribution < -0.4 is 5.32 Å². The molecule has 0 aromatic rings. The molecule has 2 fully saturated rings. The van der Waals surface area contributed by atoms with E-state index >= 15 is 0 Å². The van der Waals surface area contributed by atoms with E-state index in [1.54, 1.807) is 0 Å². The summed E-state index contributed by atoms with van der Waals surface area (Å²) >= 11 is 1.94. The molecule has 0 aromatic carbocycles. The zero-order valence-electron chi connectivity index (χ0n) is 12.4. The summed E-state index contributed by atoms with van der Waals surface area (Å²) in [6.45, 7) is 10.2. The van der Waals surface area contributed by atoms with E-state index in [1.165, 1.54) is 43.0 Å². The molecule has 3 heteroatoms. The first-order valence-electron chi connectivity index (χ1n) is 7.39. The predicted molar refractivity (Wildman–Crippen MR) is 82.3 cm³/mol. The van der Waals surface area contributed by atoms with Crippen molar-refractivity contribution in [2.75, 3.05) is 12.3 Å².